The van der Waals surface area contributed by atoms with Crippen LogP contribution in [-0.2, 0) is 0 Å². The van der Waals surface area contributed by atoms with Crippen LogP contribution >= 0.6 is 15.9 Å². The topological polar surface area (TPSA) is 0 Å². The summed E-state index contributed by atoms with van der Waals surface area (Å²) in [6.45, 7) is 1.40. The predicted molar refractivity (Wildman–Crippen MR) is 49.0 cm³/mol. The molecule has 3 heteroatoms. The highest BCUT2D eigenvalue weighted by Gasteiger charge is 2.02. The first-order valence-electron chi connectivity index (χ1n) is 3.39. The number of hydrogen-bond acceptors (Lipinski definition) is 0. The average molecular weight is 233 g/mol. The lowest BCUT2D eigenvalue weighted by molar-refractivity contribution is 0.425. The highest BCUT2D eigenvalue weighted by Crippen LogP contribution is 2.22. The second-order valence-electron chi connectivity index (χ2n) is 2.40. The molecule has 1 aromatic carbocycles. The molecule has 0 amide bonds. The minimum absolute atomic E-state index is 0.0244. The molecule has 0 spiro atoms. The van der Waals surface area contributed by atoms with E-state index in [0.717, 1.165) is 4.47 Å². The van der Waals surface area contributed by atoms with Crippen LogP contribution in [0, 0.1) is 0 Å². The SMILES string of the molecule is CC(=C(F)F)c1cccc(Br)c1. The van der Waals surface area contributed by atoms with E-state index in [9.17, 15) is 8.78 Å². The van der Waals surface area contributed by atoms with E-state index in [0.29, 0.717) is 5.56 Å². The van der Waals surface area contributed by atoms with Crippen molar-refractivity contribution in [2.75, 3.05) is 0 Å². The van der Waals surface area contributed by atoms with Gasteiger partial charge in [0.05, 0.1) is 0 Å². The highest BCUT2D eigenvalue weighted by atomic mass is 79.9. The Hall–Kier alpha value is -0.700. The maximum Gasteiger partial charge on any atom is 0.273 e. The Morgan fingerprint density at radius 3 is 2.50 bits per heavy atom. The first kappa shape index (κ1) is 9.39. The standard InChI is InChI=1S/C9H7BrF2/c1-6(9(11)12)7-3-2-4-8(10)5-7/h2-5H,1H3. The Balaban J connectivity index is 3.13. The number of hydrogen-bond donors (Lipinski definition) is 0. The molecule has 0 bridgehead atoms. The summed E-state index contributed by atoms with van der Waals surface area (Å²) >= 11 is 3.21. The third kappa shape index (κ3) is 2.14. The highest BCUT2D eigenvalue weighted by molar-refractivity contribution is 9.10. The normalized spacial score (nSPS) is 9.67. The molecule has 0 fully saturated rings. The molecule has 0 atom stereocenters. The van der Waals surface area contributed by atoms with Gasteiger partial charge in [0.2, 0.25) is 0 Å². The summed E-state index contributed by atoms with van der Waals surface area (Å²) < 4.78 is 25.0. The van der Waals surface area contributed by atoms with Crippen molar-refractivity contribution in [3.05, 3.63) is 40.4 Å². The Kier molecular flexibility index (Phi) is 2.98. The molecule has 0 aliphatic carbocycles. The fraction of sp³-hybridized carbons (Fsp3) is 0.111. The Morgan fingerprint density at radius 1 is 1.33 bits per heavy atom. The lowest BCUT2D eigenvalue weighted by atomic mass is 10.1. The van der Waals surface area contributed by atoms with E-state index >= 15 is 0 Å². The second kappa shape index (κ2) is 3.81. The predicted octanol–water partition coefficient (Wildman–Crippen LogP) is 4.08. The summed E-state index contributed by atoms with van der Waals surface area (Å²) in [5, 5.41) is 0. The van der Waals surface area contributed by atoms with Crippen LogP contribution in [0.3, 0.4) is 0 Å². The number of rotatable bonds is 1. The van der Waals surface area contributed by atoms with Gasteiger partial charge in [0.15, 0.2) is 0 Å². The third-order valence-corrected chi connectivity index (χ3v) is 2.03. The summed E-state index contributed by atoms with van der Waals surface area (Å²) in [6.07, 6.45) is -1.63. The zero-order chi connectivity index (χ0) is 9.14. The first-order chi connectivity index (χ1) is 5.61. The van der Waals surface area contributed by atoms with Gasteiger partial charge in [-0.05, 0) is 24.6 Å². The number of benzene rings is 1. The van der Waals surface area contributed by atoms with Crippen LogP contribution in [-0.4, -0.2) is 0 Å². The van der Waals surface area contributed by atoms with Crippen molar-refractivity contribution >= 4 is 21.5 Å². The summed E-state index contributed by atoms with van der Waals surface area (Å²) in [4.78, 5) is 0. The summed E-state index contributed by atoms with van der Waals surface area (Å²) in [5.41, 5.74) is 0.570. The maximum absolute atomic E-state index is 12.1. The van der Waals surface area contributed by atoms with Gasteiger partial charge >= 0.3 is 0 Å². The molecule has 0 aromatic heterocycles. The van der Waals surface area contributed by atoms with Gasteiger partial charge in [-0.3, -0.25) is 0 Å². The molecule has 1 aromatic rings. The summed E-state index contributed by atoms with van der Waals surface area (Å²) in [5.74, 6) is 0. The second-order valence-corrected chi connectivity index (χ2v) is 3.31. The van der Waals surface area contributed by atoms with Gasteiger partial charge in [-0.1, -0.05) is 28.1 Å². The zero-order valence-electron chi connectivity index (χ0n) is 6.44. The van der Waals surface area contributed by atoms with Crippen molar-refractivity contribution in [3.63, 3.8) is 0 Å². The number of allylic oxidation sites excluding steroid dienone is 1. The molecule has 0 aliphatic heterocycles. The van der Waals surface area contributed by atoms with Crippen molar-refractivity contribution in [2.45, 2.75) is 6.92 Å². The van der Waals surface area contributed by atoms with Gasteiger partial charge in [0.1, 0.15) is 0 Å². The molecule has 0 radical (unpaired) electrons. The Bertz CT molecular complexity index is 314. The minimum atomic E-state index is -1.63. The fourth-order valence-electron chi connectivity index (χ4n) is 0.831. The Morgan fingerprint density at radius 2 is 2.00 bits per heavy atom. The fourth-order valence-corrected chi connectivity index (χ4v) is 1.23. The van der Waals surface area contributed by atoms with E-state index in [2.05, 4.69) is 15.9 Å². The van der Waals surface area contributed by atoms with Gasteiger partial charge in [-0.15, -0.1) is 0 Å². The molecular formula is C9H7BrF2. The van der Waals surface area contributed by atoms with Crippen molar-refractivity contribution in [1.82, 2.24) is 0 Å². The Labute approximate surface area is 78.0 Å². The van der Waals surface area contributed by atoms with Gasteiger partial charge in [-0.2, -0.15) is 8.78 Å². The van der Waals surface area contributed by atoms with Crippen molar-refractivity contribution in [1.29, 1.82) is 0 Å². The van der Waals surface area contributed by atoms with E-state index in [1.54, 1.807) is 24.3 Å². The third-order valence-electron chi connectivity index (χ3n) is 1.54. The summed E-state index contributed by atoms with van der Waals surface area (Å²) in [7, 11) is 0. The lowest BCUT2D eigenvalue weighted by Gasteiger charge is -1.99. The molecule has 0 heterocycles. The molecule has 0 N–H and O–H groups in total. The molecule has 0 saturated heterocycles. The van der Waals surface area contributed by atoms with E-state index < -0.39 is 6.08 Å². The van der Waals surface area contributed by atoms with Crippen LogP contribution in [0.1, 0.15) is 12.5 Å². The monoisotopic (exact) mass is 232 g/mol. The van der Waals surface area contributed by atoms with Gasteiger partial charge < -0.3 is 0 Å². The molecular weight excluding hydrogens is 226 g/mol. The molecule has 1 rings (SSSR count). The quantitative estimate of drug-likeness (QED) is 0.685. The van der Waals surface area contributed by atoms with Crippen LogP contribution in [0.4, 0.5) is 8.78 Å². The van der Waals surface area contributed by atoms with Gasteiger partial charge in [0.25, 0.3) is 6.08 Å². The van der Waals surface area contributed by atoms with E-state index in [1.165, 1.54) is 6.92 Å². The van der Waals surface area contributed by atoms with E-state index in [4.69, 9.17) is 0 Å². The lowest BCUT2D eigenvalue weighted by Crippen LogP contribution is -1.79. The molecule has 0 unspecified atom stereocenters. The van der Waals surface area contributed by atoms with E-state index in [-0.39, 0.29) is 5.57 Å². The molecule has 64 valence electrons. The smallest absolute Gasteiger partial charge is 0.173 e. The van der Waals surface area contributed by atoms with Crippen LogP contribution in [0.2, 0.25) is 0 Å². The first-order valence-corrected chi connectivity index (χ1v) is 4.18. The number of halogens is 3. The van der Waals surface area contributed by atoms with Gasteiger partial charge in [-0.25, -0.2) is 0 Å². The largest absolute Gasteiger partial charge is 0.273 e. The van der Waals surface area contributed by atoms with Crippen molar-refractivity contribution < 1.29 is 8.78 Å². The average Bonchev–Trinajstić information content (AvgIpc) is 2.03. The van der Waals surface area contributed by atoms with Crippen LogP contribution in [0.15, 0.2) is 34.8 Å². The molecule has 0 aliphatic rings. The van der Waals surface area contributed by atoms with Crippen LogP contribution in [0.5, 0.6) is 0 Å². The molecule has 0 saturated carbocycles. The van der Waals surface area contributed by atoms with E-state index in [1.807, 2.05) is 0 Å². The van der Waals surface area contributed by atoms with Crippen molar-refractivity contribution in [3.8, 4) is 0 Å². The molecule has 12 heavy (non-hydrogen) atoms. The van der Waals surface area contributed by atoms with Gasteiger partial charge in [0, 0.05) is 10.0 Å². The minimum Gasteiger partial charge on any atom is -0.173 e. The van der Waals surface area contributed by atoms with Crippen LogP contribution < -0.4 is 0 Å². The molecule has 0 nitrogen and oxygen atoms in total. The van der Waals surface area contributed by atoms with Crippen LogP contribution in [0.25, 0.3) is 5.57 Å². The zero-order valence-corrected chi connectivity index (χ0v) is 8.03. The summed E-state index contributed by atoms with van der Waals surface area (Å²) in [6, 6.07) is 6.84. The maximum atomic E-state index is 12.1. The van der Waals surface area contributed by atoms with Crippen molar-refractivity contribution in [2.24, 2.45) is 0 Å².